The smallest absolute Gasteiger partial charge is 0.133 e. The number of hydrogen-bond donors (Lipinski definition) is 1. The third kappa shape index (κ3) is 3.55. The lowest BCUT2D eigenvalue weighted by Gasteiger charge is -2.18. The number of benzene rings is 2. The minimum absolute atomic E-state index is 0.273. The molecule has 0 saturated heterocycles. The van der Waals surface area contributed by atoms with Crippen LogP contribution in [0.2, 0.25) is 0 Å². The van der Waals surface area contributed by atoms with Gasteiger partial charge >= 0.3 is 0 Å². The SMILES string of the molecule is CN(C)c1cc(-c2cccc(F)c2)nc2ccc(Nc3ccncn3)cc12. The number of hydrogen-bond acceptors (Lipinski definition) is 5. The highest BCUT2D eigenvalue weighted by Gasteiger charge is 2.11. The van der Waals surface area contributed by atoms with E-state index in [2.05, 4.69) is 15.3 Å². The first-order valence-corrected chi connectivity index (χ1v) is 8.51. The Bertz CT molecular complexity index is 1100. The van der Waals surface area contributed by atoms with Gasteiger partial charge < -0.3 is 10.2 Å². The van der Waals surface area contributed by atoms with Crippen molar-refractivity contribution in [1.82, 2.24) is 15.0 Å². The monoisotopic (exact) mass is 359 g/mol. The van der Waals surface area contributed by atoms with Crippen molar-refractivity contribution >= 4 is 28.1 Å². The minimum atomic E-state index is -0.273. The summed E-state index contributed by atoms with van der Waals surface area (Å²) < 4.78 is 13.6. The molecule has 134 valence electrons. The molecular formula is C21H18FN5. The first-order chi connectivity index (χ1) is 13.1. The van der Waals surface area contributed by atoms with E-state index in [9.17, 15) is 4.39 Å². The predicted octanol–water partition coefficient (Wildman–Crippen LogP) is 4.64. The molecule has 0 aliphatic heterocycles. The van der Waals surface area contributed by atoms with Crippen LogP contribution < -0.4 is 10.2 Å². The topological polar surface area (TPSA) is 53.9 Å². The summed E-state index contributed by atoms with van der Waals surface area (Å²) in [5, 5.41) is 4.27. The molecule has 2 aromatic heterocycles. The molecule has 1 N–H and O–H groups in total. The summed E-state index contributed by atoms with van der Waals surface area (Å²) in [5.74, 6) is 0.449. The van der Waals surface area contributed by atoms with Gasteiger partial charge in [0.15, 0.2) is 0 Å². The van der Waals surface area contributed by atoms with E-state index in [1.54, 1.807) is 12.3 Å². The second-order valence-electron chi connectivity index (χ2n) is 6.38. The van der Waals surface area contributed by atoms with Crippen LogP contribution in [0.25, 0.3) is 22.2 Å². The molecule has 2 heterocycles. The van der Waals surface area contributed by atoms with Crippen LogP contribution in [0.4, 0.5) is 21.6 Å². The van der Waals surface area contributed by atoms with Gasteiger partial charge in [0, 0.05) is 42.6 Å². The summed E-state index contributed by atoms with van der Waals surface area (Å²) in [6.07, 6.45) is 3.19. The lowest BCUT2D eigenvalue weighted by atomic mass is 10.1. The van der Waals surface area contributed by atoms with Gasteiger partial charge in [-0.1, -0.05) is 12.1 Å². The van der Waals surface area contributed by atoms with Crippen LogP contribution in [-0.4, -0.2) is 29.0 Å². The zero-order valence-electron chi connectivity index (χ0n) is 15.0. The molecule has 2 aromatic carbocycles. The zero-order chi connectivity index (χ0) is 18.8. The Morgan fingerprint density at radius 3 is 2.63 bits per heavy atom. The summed E-state index contributed by atoms with van der Waals surface area (Å²) in [4.78, 5) is 14.9. The maximum Gasteiger partial charge on any atom is 0.133 e. The lowest BCUT2D eigenvalue weighted by molar-refractivity contribution is 0.628. The number of fused-ring (bicyclic) bond motifs is 1. The summed E-state index contributed by atoms with van der Waals surface area (Å²) in [7, 11) is 3.96. The van der Waals surface area contributed by atoms with Crippen LogP contribution in [0.5, 0.6) is 0 Å². The average Bonchev–Trinajstić information content (AvgIpc) is 2.68. The van der Waals surface area contributed by atoms with E-state index in [-0.39, 0.29) is 5.82 Å². The van der Waals surface area contributed by atoms with E-state index in [0.29, 0.717) is 0 Å². The normalized spacial score (nSPS) is 10.8. The molecule has 6 heteroatoms. The second kappa shape index (κ2) is 6.99. The largest absolute Gasteiger partial charge is 0.377 e. The van der Waals surface area contributed by atoms with Gasteiger partial charge in [-0.3, -0.25) is 0 Å². The molecule has 0 amide bonds. The van der Waals surface area contributed by atoms with Crippen molar-refractivity contribution in [2.75, 3.05) is 24.3 Å². The molecular weight excluding hydrogens is 341 g/mol. The second-order valence-corrected chi connectivity index (χ2v) is 6.38. The molecule has 0 radical (unpaired) electrons. The fourth-order valence-electron chi connectivity index (χ4n) is 2.96. The summed E-state index contributed by atoms with van der Waals surface area (Å²) in [6, 6.07) is 16.2. The van der Waals surface area contributed by atoms with Crippen LogP contribution in [0, 0.1) is 5.82 Å². The summed E-state index contributed by atoms with van der Waals surface area (Å²) in [6.45, 7) is 0. The first-order valence-electron chi connectivity index (χ1n) is 8.51. The van der Waals surface area contributed by atoms with Gasteiger partial charge in [0.05, 0.1) is 11.2 Å². The predicted molar refractivity (Wildman–Crippen MR) is 107 cm³/mol. The number of nitrogens with one attached hydrogen (secondary N) is 1. The molecule has 4 rings (SSSR count). The van der Waals surface area contributed by atoms with Crippen molar-refractivity contribution in [3.63, 3.8) is 0 Å². The van der Waals surface area contributed by atoms with E-state index < -0.39 is 0 Å². The number of nitrogens with zero attached hydrogens (tertiary/aromatic N) is 4. The Hall–Kier alpha value is -3.54. The zero-order valence-corrected chi connectivity index (χ0v) is 15.0. The van der Waals surface area contributed by atoms with Crippen molar-refractivity contribution in [2.45, 2.75) is 0 Å². The third-order valence-corrected chi connectivity index (χ3v) is 4.24. The average molecular weight is 359 g/mol. The van der Waals surface area contributed by atoms with E-state index in [1.807, 2.05) is 55.4 Å². The molecule has 0 atom stereocenters. The number of halogens is 1. The molecule has 0 unspecified atom stereocenters. The Morgan fingerprint density at radius 1 is 1.00 bits per heavy atom. The van der Waals surface area contributed by atoms with Gasteiger partial charge in [-0.2, -0.15) is 0 Å². The number of rotatable bonds is 4. The number of aromatic nitrogens is 3. The van der Waals surface area contributed by atoms with Gasteiger partial charge in [0.1, 0.15) is 18.0 Å². The Labute approximate surface area is 156 Å². The molecule has 4 aromatic rings. The van der Waals surface area contributed by atoms with Crippen molar-refractivity contribution in [2.24, 2.45) is 0 Å². The quantitative estimate of drug-likeness (QED) is 0.575. The van der Waals surface area contributed by atoms with Crippen molar-refractivity contribution < 1.29 is 4.39 Å². The molecule has 0 fully saturated rings. The maximum absolute atomic E-state index is 13.6. The summed E-state index contributed by atoms with van der Waals surface area (Å²) >= 11 is 0. The van der Waals surface area contributed by atoms with Crippen molar-refractivity contribution in [3.05, 3.63) is 72.9 Å². The summed E-state index contributed by atoms with van der Waals surface area (Å²) in [5.41, 5.74) is 4.24. The van der Waals surface area contributed by atoms with Crippen LogP contribution >= 0.6 is 0 Å². The number of anilines is 3. The highest BCUT2D eigenvalue weighted by molar-refractivity contribution is 5.96. The molecule has 0 aliphatic rings. The molecule has 0 saturated carbocycles. The lowest BCUT2D eigenvalue weighted by Crippen LogP contribution is -2.10. The molecule has 5 nitrogen and oxygen atoms in total. The van der Waals surface area contributed by atoms with E-state index in [0.717, 1.165) is 39.4 Å². The van der Waals surface area contributed by atoms with Crippen LogP contribution in [0.1, 0.15) is 0 Å². The maximum atomic E-state index is 13.6. The highest BCUT2D eigenvalue weighted by Crippen LogP contribution is 2.32. The van der Waals surface area contributed by atoms with Crippen LogP contribution in [0.15, 0.2) is 67.1 Å². The van der Waals surface area contributed by atoms with E-state index >= 15 is 0 Å². The third-order valence-electron chi connectivity index (χ3n) is 4.24. The Balaban J connectivity index is 1.81. The van der Waals surface area contributed by atoms with Crippen LogP contribution in [0.3, 0.4) is 0 Å². The Kier molecular flexibility index (Phi) is 4.38. The van der Waals surface area contributed by atoms with Crippen molar-refractivity contribution in [1.29, 1.82) is 0 Å². The standard InChI is InChI=1S/C21H18FN5/c1-27(2)20-12-19(14-4-3-5-15(22)10-14)26-18-7-6-16(11-17(18)20)25-21-8-9-23-13-24-21/h3-13H,1-2H3,(H,23,24,25). The minimum Gasteiger partial charge on any atom is -0.377 e. The number of pyridine rings is 1. The van der Waals surface area contributed by atoms with Gasteiger partial charge in [-0.05, 0) is 42.5 Å². The van der Waals surface area contributed by atoms with Crippen molar-refractivity contribution in [3.8, 4) is 11.3 Å². The fraction of sp³-hybridized carbons (Fsp3) is 0.0952. The van der Waals surface area contributed by atoms with Crippen LogP contribution in [-0.2, 0) is 0 Å². The molecule has 0 bridgehead atoms. The van der Waals surface area contributed by atoms with E-state index in [4.69, 9.17) is 4.98 Å². The van der Waals surface area contributed by atoms with Gasteiger partial charge in [-0.15, -0.1) is 0 Å². The molecule has 0 aliphatic carbocycles. The highest BCUT2D eigenvalue weighted by atomic mass is 19.1. The van der Waals surface area contributed by atoms with E-state index in [1.165, 1.54) is 18.5 Å². The fourth-order valence-corrected chi connectivity index (χ4v) is 2.96. The van der Waals surface area contributed by atoms with Gasteiger partial charge in [-0.25, -0.2) is 19.3 Å². The Morgan fingerprint density at radius 2 is 1.89 bits per heavy atom. The molecule has 27 heavy (non-hydrogen) atoms. The van der Waals surface area contributed by atoms with Gasteiger partial charge in [0.2, 0.25) is 0 Å². The molecule has 0 spiro atoms. The first kappa shape index (κ1) is 16.9. The van der Waals surface area contributed by atoms with Gasteiger partial charge in [0.25, 0.3) is 0 Å².